The highest BCUT2D eigenvalue weighted by molar-refractivity contribution is 5.83. The average Bonchev–Trinajstić information content (AvgIpc) is 2.83. The summed E-state index contributed by atoms with van der Waals surface area (Å²) in [5, 5.41) is 0. The minimum atomic E-state index is -0.195. The quantitative estimate of drug-likeness (QED) is 0.693. The van der Waals surface area contributed by atoms with Gasteiger partial charge in [0.25, 0.3) is 0 Å². The Balaban J connectivity index is 2.43. The van der Waals surface area contributed by atoms with Gasteiger partial charge >= 0.3 is 0 Å². The molecule has 2 heteroatoms. The third-order valence-corrected chi connectivity index (χ3v) is 2.84. The fourth-order valence-corrected chi connectivity index (χ4v) is 1.80. The minimum Gasteiger partial charge on any atom is -0.370 e. The number of ether oxygens (including phenoxy) is 1. The summed E-state index contributed by atoms with van der Waals surface area (Å²) in [5.74, 6) is 1.28. The van der Waals surface area contributed by atoms with Crippen LogP contribution in [0.4, 0.5) is 0 Å². The molecule has 1 atom stereocenters. The zero-order chi connectivity index (χ0) is 12.3. The van der Waals surface area contributed by atoms with Crippen LogP contribution < -0.4 is 0 Å². The highest BCUT2D eigenvalue weighted by atomic mass is 16.5. The summed E-state index contributed by atoms with van der Waals surface area (Å²) in [5.41, 5.74) is 0.0627. The van der Waals surface area contributed by atoms with Crippen molar-refractivity contribution >= 4 is 5.78 Å². The van der Waals surface area contributed by atoms with Crippen molar-refractivity contribution in [3.05, 3.63) is 0 Å². The molecule has 1 fully saturated rings. The SMILES string of the molecule is CC(C)C(OCC1CC1)C(=O)CC(C)(C)C. The molecule has 0 radical (unpaired) electrons. The summed E-state index contributed by atoms with van der Waals surface area (Å²) in [6, 6.07) is 0. The number of Topliss-reactive ketones (excluding diaryl/α,β-unsaturated/α-hetero) is 1. The lowest BCUT2D eigenvalue weighted by molar-refractivity contribution is -0.135. The van der Waals surface area contributed by atoms with Crippen LogP contribution in [0.15, 0.2) is 0 Å². The molecule has 0 saturated heterocycles. The fraction of sp³-hybridized carbons (Fsp3) is 0.929. The second-order valence-corrected chi connectivity index (χ2v) is 6.65. The van der Waals surface area contributed by atoms with E-state index in [1.807, 2.05) is 0 Å². The standard InChI is InChI=1S/C14H26O2/c1-10(2)13(16-9-11-6-7-11)12(15)8-14(3,4)5/h10-11,13H,6-9H2,1-5H3. The summed E-state index contributed by atoms with van der Waals surface area (Å²) in [7, 11) is 0. The monoisotopic (exact) mass is 226 g/mol. The first-order valence-electron chi connectivity index (χ1n) is 6.44. The van der Waals surface area contributed by atoms with Gasteiger partial charge in [0, 0.05) is 6.42 Å². The molecule has 94 valence electrons. The molecule has 0 bridgehead atoms. The maximum atomic E-state index is 12.1. The van der Waals surface area contributed by atoms with Crippen molar-refractivity contribution in [3.8, 4) is 0 Å². The Morgan fingerprint density at radius 2 is 1.88 bits per heavy atom. The van der Waals surface area contributed by atoms with Crippen LogP contribution >= 0.6 is 0 Å². The molecule has 1 aliphatic rings. The molecule has 16 heavy (non-hydrogen) atoms. The van der Waals surface area contributed by atoms with Crippen LogP contribution in [-0.2, 0) is 9.53 Å². The van der Waals surface area contributed by atoms with E-state index in [0.717, 1.165) is 12.5 Å². The Kier molecular flexibility index (Phi) is 4.54. The first kappa shape index (κ1) is 13.7. The molecule has 0 aromatic rings. The maximum Gasteiger partial charge on any atom is 0.162 e. The molecule has 0 amide bonds. The van der Waals surface area contributed by atoms with Crippen molar-refractivity contribution < 1.29 is 9.53 Å². The maximum absolute atomic E-state index is 12.1. The predicted octanol–water partition coefficient (Wildman–Crippen LogP) is 3.44. The lowest BCUT2D eigenvalue weighted by atomic mass is 9.86. The van der Waals surface area contributed by atoms with E-state index in [1.54, 1.807) is 0 Å². The van der Waals surface area contributed by atoms with Gasteiger partial charge in [0.2, 0.25) is 0 Å². The zero-order valence-electron chi connectivity index (χ0n) is 11.4. The van der Waals surface area contributed by atoms with E-state index < -0.39 is 0 Å². The average molecular weight is 226 g/mol. The van der Waals surface area contributed by atoms with E-state index in [-0.39, 0.29) is 23.2 Å². The van der Waals surface area contributed by atoms with E-state index in [2.05, 4.69) is 34.6 Å². The highest BCUT2D eigenvalue weighted by Crippen LogP contribution is 2.30. The van der Waals surface area contributed by atoms with Crippen molar-refractivity contribution in [1.29, 1.82) is 0 Å². The van der Waals surface area contributed by atoms with Gasteiger partial charge in [-0.1, -0.05) is 34.6 Å². The van der Waals surface area contributed by atoms with Gasteiger partial charge in [-0.3, -0.25) is 4.79 Å². The van der Waals surface area contributed by atoms with Crippen molar-refractivity contribution in [2.24, 2.45) is 17.3 Å². The summed E-state index contributed by atoms with van der Waals surface area (Å²) >= 11 is 0. The number of hydrogen-bond donors (Lipinski definition) is 0. The third-order valence-electron chi connectivity index (χ3n) is 2.84. The Hall–Kier alpha value is -0.370. The van der Waals surface area contributed by atoms with Crippen molar-refractivity contribution in [1.82, 2.24) is 0 Å². The van der Waals surface area contributed by atoms with E-state index in [9.17, 15) is 4.79 Å². The molecule has 0 spiro atoms. The number of carbonyl (C=O) groups excluding carboxylic acids is 1. The lowest BCUT2D eigenvalue weighted by Crippen LogP contribution is -2.33. The molecule has 1 saturated carbocycles. The Morgan fingerprint density at radius 3 is 2.25 bits per heavy atom. The molecular formula is C14H26O2. The third kappa shape index (κ3) is 5.11. The van der Waals surface area contributed by atoms with E-state index in [0.29, 0.717) is 6.42 Å². The van der Waals surface area contributed by atoms with Gasteiger partial charge in [-0.05, 0) is 30.1 Å². The number of carbonyl (C=O) groups is 1. The summed E-state index contributed by atoms with van der Waals surface area (Å²) in [4.78, 5) is 12.1. The van der Waals surface area contributed by atoms with Crippen LogP contribution in [0, 0.1) is 17.3 Å². The first-order valence-corrected chi connectivity index (χ1v) is 6.44. The number of rotatable bonds is 6. The van der Waals surface area contributed by atoms with E-state index in [4.69, 9.17) is 4.74 Å². The molecule has 0 heterocycles. The molecule has 0 aromatic heterocycles. The molecule has 1 rings (SSSR count). The van der Waals surface area contributed by atoms with Crippen LogP contribution in [0.2, 0.25) is 0 Å². The Labute approximate surface area is 99.8 Å². The minimum absolute atomic E-state index is 0.0627. The number of ketones is 1. The Morgan fingerprint density at radius 1 is 1.31 bits per heavy atom. The topological polar surface area (TPSA) is 26.3 Å². The smallest absolute Gasteiger partial charge is 0.162 e. The Bertz CT molecular complexity index is 234. The molecule has 1 aliphatic carbocycles. The van der Waals surface area contributed by atoms with Crippen LogP contribution in [0.1, 0.15) is 53.9 Å². The fourth-order valence-electron chi connectivity index (χ4n) is 1.80. The van der Waals surface area contributed by atoms with Gasteiger partial charge in [-0.2, -0.15) is 0 Å². The van der Waals surface area contributed by atoms with Crippen molar-refractivity contribution in [3.63, 3.8) is 0 Å². The van der Waals surface area contributed by atoms with E-state index >= 15 is 0 Å². The van der Waals surface area contributed by atoms with Gasteiger partial charge in [-0.25, -0.2) is 0 Å². The second kappa shape index (κ2) is 5.31. The molecule has 0 N–H and O–H groups in total. The van der Waals surface area contributed by atoms with Crippen LogP contribution in [-0.4, -0.2) is 18.5 Å². The second-order valence-electron chi connectivity index (χ2n) is 6.65. The first-order chi connectivity index (χ1) is 7.29. The van der Waals surface area contributed by atoms with Crippen molar-refractivity contribution in [2.75, 3.05) is 6.61 Å². The predicted molar refractivity (Wildman–Crippen MR) is 66.4 cm³/mol. The molecule has 0 aromatic carbocycles. The summed E-state index contributed by atoms with van der Waals surface area (Å²) in [6.45, 7) is 11.2. The van der Waals surface area contributed by atoms with Gasteiger partial charge in [0.1, 0.15) is 6.10 Å². The van der Waals surface area contributed by atoms with Crippen LogP contribution in [0.5, 0.6) is 0 Å². The van der Waals surface area contributed by atoms with Gasteiger partial charge in [-0.15, -0.1) is 0 Å². The van der Waals surface area contributed by atoms with Gasteiger partial charge in [0.15, 0.2) is 5.78 Å². The van der Waals surface area contributed by atoms with Gasteiger partial charge in [0.05, 0.1) is 6.61 Å². The summed E-state index contributed by atoms with van der Waals surface area (Å²) in [6.07, 6.45) is 2.97. The highest BCUT2D eigenvalue weighted by Gasteiger charge is 2.29. The van der Waals surface area contributed by atoms with Crippen LogP contribution in [0.3, 0.4) is 0 Å². The van der Waals surface area contributed by atoms with Gasteiger partial charge < -0.3 is 4.74 Å². The number of hydrogen-bond acceptors (Lipinski definition) is 2. The molecule has 1 unspecified atom stereocenters. The van der Waals surface area contributed by atoms with Crippen molar-refractivity contribution in [2.45, 2.75) is 60.0 Å². The van der Waals surface area contributed by atoms with Crippen LogP contribution in [0.25, 0.3) is 0 Å². The molecule has 2 nitrogen and oxygen atoms in total. The molecular weight excluding hydrogens is 200 g/mol. The summed E-state index contributed by atoms with van der Waals surface area (Å²) < 4.78 is 5.79. The normalized spacial score (nSPS) is 18.9. The largest absolute Gasteiger partial charge is 0.370 e. The molecule has 0 aliphatic heterocycles. The zero-order valence-corrected chi connectivity index (χ0v) is 11.4. The van der Waals surface area contributed by atoms with E-state index in [1.165, 1.54) is 12.8 Å². The lowest BCUT2D eigenvalue weighted by Gasteiger charge is -2.24.